The first-order valence-electron chi connectivity index (χ1n) is 28.3. The van der Waals surface area contributed by atoms with E-state index in [0.29, 0.717) is 0 Å². The van der Waals surface area contributed by atoms with Crippen molar-refractivity contribution in [3.63, 3.8) is 0 Å². The molecule has 3 heterocycles. The largest absolute Gasteiger partial charge is 0.335 e. The quantitative estimate of drug-likeness (QED) is 0.159. The summed E-state index contributed by atoms with van der Waals surface area (Å²) in [6.45, 7) is 38.6. The molecule has 0 N–H and O–H groups in total. The van der Waals surface area contributed by atoms with Gasteiger partial charge in [-0.15, -0.1) is 0 Å². The first kappa shape index (κ1) is 49.6. The summed E-state index contributed by atoms with van der Waals surface area (Å²) in [7, 11) is 0. The minimum Gasteiger partial charge on any atom is -0.335 e. The van der Waals surface area contributed by atoms with E-state index in [9.17, 15) is 0 Å². The maximum absolute atomic E-state index is 2.94. The van der Waals surface area contributed by atoms with Crippen LogP contribution in [0.1, 0.15) is 175 Å². The van der Waals surface area contributed by atoms with Crippen LogP contribution in [-0.2, 0) is 32.5 Å². The molecule has 12 rings (SSSR count). The molecule has 0 amide bonds. The first-order valence-corrected chi connectivity index (χ1v) is 28.3. The fraction of sp³-hybridized carbons (Fsp3) is 0.380. The van der Waals surface area contributed by atoms with E-state index in [0.717, 1.165) is 17.8 Å². The number of allylic oxidation sites excluding steroid dienone is 1. The van der Waals surface area contributed by atoms with Crippen LogP contribution in [0, 0.1) is 0 Å². The highest BCUT2D eigenvalue weighted by Crippen LogP contribution is 2.65. The fourth-order valence-electron chi connectivity index (χ4n) is 14.4. The van der Waals surface area contributed by atoms with Crippen LogP contribution in [0.2, 0.25) is 0 Å². The van der Waals surface area contributed by atoms with Gasteiger partial charge in [-0.05, 0) is 140 Å². The van der Waals surface area contributed by atoms with Gasteiger partial charge in [0.15, 0.2) is 0 Å². The Morgan fingerprint density at radius 2 is 1.01 bits per heavy atom. The normalized spacial score (nSPS) is 20.4. The summed E-state index contributed by atoms with van der Waals surface area (Å²) < 4.78 is 0. The second-order valence-electron chi connectivity index (χ2n) is 28.2. The molecule has 2 atom stereocenters. The predicted octanol–water partition coefficient (Wildman–Crippen LogP) is 18.1. The van der Waals surface area contributed by atoms with E-state index < -0.39 is 0 Å². The van der Waals surface area contributed by atoms with E-state index in [1.165, 1.54) is 114 Å². The monoisotopic (exact) mass is 986 g/mol. The Labute approximate surface area is 451 Å². The highest BCUT2D eigenvalue weighted by atomic mass is 15.3. The maximum atomic E-state index is 2.94. The number of fused-ring (bicyclic) bond motifs is 8. The lowest BCUT2D eigenvalue weighted by Crippen LogP contribution is -2.62. The number of hydrogen-bond acceptors (Lipinski definition) is 3. The third-order valence-corrected chi connectivity index (χ3v) is 19.0. The Morgan fingerprint density at radius 3 is 1.61 bits per heavy atom. The fourth-order valence-corrected chi connectivity index (χ4v) is 14.4. The van der Waals surface area contributed by atoms with Crippen molar-refractivity contribution < 1.29 is 0 Å². The van der Waals surface area contributed by atoms with Gasteiger partial charge in [-0.2, -0.15) is 0 Å². The Balaban J connectivity index is 1.26. The molecule has 3 aliphatic heterocycles. The van der Waals surface area contributed by atoms with Gasteiger partial charge in [-0.25, -0.2) is 0 Å². The van der Waals surface area contributed by atoms with Crippen molar-refractivity contribution in [3.8, 4) is 11.1 Å². The SMILES string of the molecule is CC(C)(C)c1ccc(N(c2ccc(C(C)(C)C)cc2)c2cc3c4c(c2)N2c5c(cc(C(C)(C)C)cc5C5(C)CCCCC25C)B4C2=C(c4ccccc4C2(C)C)N3c2ccc(C(C)(C)C)cc2-c2ccccc2)cc1. The number of hydrogen-bond donors (Lipinski definition) is 0. The van der Waals surface area contributed by atoms with E-state index in [-0.39, 0.29) is 44.7 Å². The summed E-state index contributed by atoms with van der Waals surface area (Å²) in [6, 6.07) is 57.5. The minimum atomic E-state index is -0.275. The van der Waals surface area contributed by atoms with Gasteiger partial charge in [-0.1, -0.05) is 219 Å². The van der Waals surface area contributed by atoms with Crippen molar-refractivity contribution in [3.05, 3.63) is 190 Å². The highest BCUT2D eigenvalue weighted by molar-refractivity contribution is 6.96. The van der Waals surface area contributed by atoms with E-state index >= 15 is 0 Å². The molecular weight excluding hydrogens is 906 g/mol. The predicted molar refractivity (Wildman–Crippen MR) is 324 cm³/mol. The van der Waals surface area contributed by atoms with Crippen molar-refractivity contribution in [2.75, 3.05) is 14.7 Å². The Bertz CT molecular complexity index is 3420. The molecule has 0 radical (unpaired) electrons. The van der Waals surface area contributed by atoms with Gasteiger partial charge in [0.1, 0.15) is 0 Å². The lowest BCUT2D eigenvalue weighted by molar-refractivity contribution is 0.195. The molecule has 1 fully saturated rings. The van der Waals surface area contributed by atoms with Crippen LogP contribution in [0.5, 0.6) is 0 Å². The van der Waals surface area contributed by atoms with Gasteiger partial charge in [-0.3, -0.25) is 0 Å². The van der Waals surface area contributed by atoms with Crippen LogP contribution >= 0.6 is 0 Å². The van der Waals surface area contributed by atoms with Gasteiger partial charge in [0, 0.05) is 56.1 Å². The molecule has 75 heavy (non-hydrogen) atoms. The molecule has 1 saturated carbocycles. The van der Waals surface area contributed by atoms with Crippen LogP contribution in [-0.4, -0.2) is 12.3 Å². The number of benzene rings is 7. The molecule has 3 nitrogen and oxygen atoms in total. The Kier molecular flexibility index (Phi) is 10.8. The lowest BCUT2D eigenvalue weighted by atomic mass is 9.30. The summed E-state index contributed by atoms with van der Waals surface area (Å²) >= 11 is 0. The molecule has 7 aromatic rings. The molecule has 0 spiro atoms. The van der Waals surface area contributed by atoms with Crippen molar-refractivity contribution in [2.45, 2.75) is 174 Å². The lowest BCUT2D eigenvalue weighted by Gasteiger charge is -2.53. The third-order valence-electron chi connectivity index (χ3n) is 19.0. The zero-order valence-electron chi connectivity index (χ0n) is 48.1. The molecule has 2 unspecified atom stereocenters. The van der Waals surface area contributed by atoms with E-state index in [4.69, 9.17) is 0 Å². The standard InChI is InChI=1S/C71H80BN3/c1-65(2,3)46-28-33-50(34-29-46)73(51-35-30-47(31-36-51)66(4,5)6)52-43-59-61-60(44-52)75-63-56(70(15)38-22-23-39-71(70,75)16)41-49(68(10,11)12)42-57(63)72(61)64-62(53-26-20-21-27-55(53)69(64,13)14)74(59)58-37-32-48(67(7,8)9)40-54(58)45-24-18-17-19-25-45/h17-21,24-37,40-44H,22-23,38-39H2,1-16H3. The third kappa shape index (κ3) is 7.34. The van der Waals surface area contributed by atoms with Crippen LogP contribution < -0.4 is 25.6 Å². The molecule has 0 saturated heterocycles. The molecule has 7 aromatic carbocycles. The number of anilines is 7. The zero-order chi connectivity index (χ0) is 53.2. The van der Waals surface area contributed by atoms with Gasteiger partial charge in [0.05, 0.1) is 16.9 Å². The molecule has 0 bridgehead atoms. The summed E-state index contributed by atoms with van der Waals surface area (Å²) in [5, 5.41) is 0. The van der Waals surface area contributed by atoms with Crippen molar-refractivity contribution in [1.29, 1.82) is 0 Å². The molecule has 2 aliphatic carbocycles. The average Bonchev–Trinajstić information content (AvgIpc) is 3.89. The summed E-state index contributed by atoms with van der Waals surface area (Å²) in [5.41, 5.74) is 26.3. The van der Waals surface area contributed by atoms with Crippen molar-refractivity contribution >= 4 is 63.1 Å². The minimum absolute atomic E-state index is 0.0226. The van der Waals surface area contributed by atoms with E-state index in [2.05, 4.69) is 271 Å². The smallest absolute Gasteiger partial charge is 0.248 e. The van der Waals surface area contributed by atoms with E-state index in [1.54, 1.807) is 5.56 Å². The highest BCUT2D eigenvalue weighted by Gasteiger charge is 2.63. The number of rotatable bonds is 5. The van der Waals surface area contributed by atoms with Crippen LogP contribution in [0.15, 0.2) is 151 Å². The summed E-state index contributed by atoms with van der Waals surface area (Å²) in [6.07, 6.45) is 4.78. The van der Waals surface area contributed by atoms with E-state index in [1.807, 2.05) is 0 Å². The maximum Gasteiger partial charge on any atom is 0.248 e. The second kappa shape index (κ2) is 16.4. The van der Waals surface area contributed by atoms with Gasteiger partial charge in [0.2, 0.25) is 6.71 Å². The van der Waals surface area contributed by atoms with Crippen molar-refractivity contribution in [1.82, 2.24) is 0 Å². The molecular formula is C71H80BN3. The molecule has 4 heteroatoms. The van der Waals surface area contributed by atoms with Gasteiger partial charge >= 0.3 is 0 Å². The Hall–Kier alpha value is -6.26. The molecule has 5 aliphatic rings. The number of nitrogens with zero attached hydrogens (tertiary/aromatic N) is 3. The van der Waals surface area contributed by atoms with Gasteiger partial charge in [0.25, 0.3) is 0 Å². The first-order chi connectivity index (χ1) is 35.2. The molecule has 0 aromatic heterocycles. The van der Waals surface area contributed by atoms with Crippen LogP contribution in [0.25, 0.3) is 16.8 Å². The van der Waals surface area contributed by atoms with Crippen LogP contribution in [0.4, 0.5) is 39.8 Å². The van der Waals surface area contributed by atoms with Crippen LogP contribution in [0.3, 0.4) is 0 Å². The Morgan fingerprint density at radius 1 is 0.467 bits per heavy atom. The zero-order valence-corrected chi connectivity index (χ0v) is 48.1. The van der Waals surface area contributed by atoms with Crippen molar-refractivity contribution in [2.24, 2.45) is 0 Å². The summed E-state index contributed by atoms with van der Waals surface area (Å²) in [4.78, 5) is 8.26. The van der Waals surface area contributed by atoms with Gasteiger partial charge < -0.3 is 14.7 Å². The topological polar surface area (TPSA) is 9.72 Å². The summed E-state index contributed by atoms with van der Waals surface area (Å²) in [5.74, 6) is 0. The second-order valence-corrected chi connectivity index (χ2v) is 28.2. The average molecular weight is 986 g/mol. The molecule has 382 valence electrons.